The van der Waals surface area contributed by atoms with Gasteiger partial charge in [0.15, 0.2) is 0 Å². The van der Waals surface area contributed by atoms with Crippen LogP contribution in [-0.4, -0.2) is 22.2 Å². The molecule has 0 aromatic carbocycles. The average Bonchev–Trinajstić information content (AvgIpc) is 1.94. The molecule has 1 rings (SSSR count). The molecule has 0 atom stereocenters. The van der Waals surface area contributed by atoms with E-state index >= 15 is 0 Å². The van der Waals surface area contributed by atoms with E-state index in [4.69, 9.17) is 15.8 Å². The minimum atomic E-state index is -1.48. The van der Waals surface area contributed by atoms with E-state index in [1.165, 1.54) is 6.20 Å². The third kappa shape index (κ3) is 2.04. The van der Waals surface area contributed by atoms with Crippen molar-refractivity contribution in [2.24, 2.45) is 0 Å². The van der Waals surface area contributed by atoms with Gasteiger partial charge in [-0.3, -0.25) is 0 Å². The maximum Gasteiger partial charge on any atom is 0.490 e. The van der Waals surface area contributed by atoms with Crippen molar-refractivity contribution in [3.63, 3.8) is 0 Å². The van der Waals surface area contributed by atoms with Gasteiger partial charge < -0.3 is 15.8 Å². The van der Waals surface area contributed by atoms with Crippen LogP contribution in [0.15, 0.2) is 12.3 Å². The summed E-state index contributed by atoms with van der Waals surface area (Å²) in [5.41, 5.74) is 5.76. The van der Waals surface area contributed by atoms with Crippen LogP contribution >= 0.6 is 22.6 Å². The molecule has 1 heterocycles. The molecule has 1 aromatic heterocycles. The van der Waals surface area contributed by atoms with Crippen molar-refractivity contribution >= 4 is 41.0 Å². The molecule has 4 nitrogen and oxygen atoms in total. The molecule has 0 bridgehead atoms. The van der Waals surface area contributed by atoms with Crippen molar-refractivity contribution < 1.29 is 10.0 Å². The van der Waals surface area contributed by atoms with Gasteiger partial charge in [0.25, 0.3) is 0 Å². The molecule has 0 amide bonds. The first-order chi connectivity index (χ1) is 5.11. The minimum absolute atomic E-state index is 0.351. The largest absolute Gasteiger partial charge is 0.490 e. The number of rotatable bonds is 1. The fourth-order valence-corrected chi connectivity index (χ4v) is 1.10. The molecule has 58 valence electrons. The van der Waals surface area contributed by atoms with E-state index in [9.17, 15) is 0 Å². The highest BCUT2D eigenvalue weighted by Gasteiger charge is 2.11. The molecule has 0 unspecified atom stereocenters. The van der Waals surface area contributed by atoms with Crippen molar-refractivity contribution in [3.05, 3.63) is 15.8 Å². The number of nitrogens with zero attached hydrogens (tertiary/aromatic N) is 1. The molecule has 0 aliphatic rings. The first-order valence-corrected chi connectivity index (χ1v) is 3.96. The first-order valence-electron chi connectivity index (χ1n) is 2.88. The third-order valence-corrected chi connectivity index (χ3v) is 2.05. The Morgan fingerprint density at radius 3 is 2.64 bits per heavy atom. The summed E-state index contributed by atoms with van der Waals surface area (Å²) in [7, 11) is -1.48. The number of anilines is 1. The molecule has 0 fully saturated rings. The summed E-state index contributed by atoms with van der Waals surface area (Å²) in [6, 6.07) is 1.58. The van der Waals surface area contributed by atoms with Gasteiger partial charge in [-0.05, 0) is 28.7 Å². The second-order valence-electron chi connectivity index (χ2n) is 2.01. The predicted molar refractivity (Wildman–Crippen MR) is 51.2 cm³/mol. The Hall–Kier alpha value is -0.335. The molecule has 4 N–H and O–H groups in total. The zero-order chi connectivity index (χ0) is 8.43. The molecular formula is C5H6BIN2O2. The Morgan fingerprint density at radius 1 is 1.55 bits per heavy atom. The standard InChI is InChI=1S/C5H6BIN2O2/c7-4-1-3(6(10)11)2-9-5(4)8/h1-2,10-11H,(H2,8,9). The van der Waals surface area contributed by atoms with E-state index in [0.29, 0.717) is 14.9 Å². The summed E-state index contributed by atoms with van der Waals surface area (Å²) < 4.78 is 0.716. The van der Waals surface area contributed by atoms with E-state index < -0.39 is 7.12 Å². The molecule has 11 heavy (non-hydrogen) atoms. The molecule has 0 spiro atoms. The van der Waals surface area contributed by atoms with Gasteiger partial charge in [-0.15, -0.1) is 0 Å². The number of halogens is 1. The van der Waals surface area contributed by atoms with Crippen LogP contribution < -0.4 is 11.2 Å². The number of pyridine rings is 1. The zero-order valence-electron chi connectivity index (χ0n) is 5.53. The lowest BCUT2D eigenvalue weighted by Gasteiger charge is -2.00. The SMILES string of the molecule is Nc1ncc(B(O)O)cc1I. The molecular weight excluding hydrogens is 258 g/mol. The normalized spacial score (nSPS) is 9.73. The van der Waals surface area contributed by atoms with Crippen molar-refractivity contribution in [1.29, 1.82) is 0 Å². The van der Waals surface area contributed by atoms with Crippen LogP contribution in [0, 0.1) is 3.57 Å². The van der Waals surface area contributed by atoms with E-state index in [1.54, 1.807) is 6.07 Å². The number of hydrogen-bond acceptors (Lipinski definition) is 4. The second-order valence-corrected chi connectivity index (χ2v) is 3.17. The van der Waals surface area contributed by atoms with Crippen LogP contribution in [0.1, 0.15) is 0 Å². The Labute approximate surface area is 77.7 Å². The molecule has 6 heteroatoms. The molecule has 0 aliphatic carbocycles. The second kappa shape index (κ2) is 3.37. The summed E-state index contributed by atoms with van der Waals surface area (Å²) >= 11 is 1.97. The zero-order valence-corrected chi connectivity index (χ0v) is 7.69. The third-order valence-electron chi connectivity index (χ3n) is 1.19. The Bertz CT molecular complexity index is 269. The highest BCUT2D eigenvalue weighted by molar-refractivity contribution is 14.1. The van der Waals surface area contributed by atoms with E-state index in [1.807, 2.05) is 22.6 Å². The Kier molecular flexibility index (Phi) is 2.69. The number of aromatic nitrogens is 1. The summed E-state index contributed by atoms with van der Waals surface area (Å²) in [6.07, 6.45) is 1.34. The van der Waals surface area contributed by atoms with Crippen molar-refractivity contribution in [1.82, 2.24) is 4.98 Å². The van der Waals surface area contributed by atoms with Crippen LogP contribution in [0.2, 0.25) is 0 Å². The lowest BCUT2D eigenvalue weighted by molar-refractivity contribution is 0.425. The van der Waals surface area contributed by atoms with Gasteiger partial charge in [0.1, 0.15) is 5.82 Å². The van der Waals surface area contributed by atoms with Gasteiger partial charge in [-0.2, -0.15) is 0 Å². The summed E-state index contributed by atoms with van der Waals surface area (Å²) in [5, 5.41) is 17.4. The average molecular weight is 264 g/mol. The fourth-order valence-electron chi connectivity index (χ4n) is 0.604. The van der Waals surface area contributed by atoms with Gasteiger partial charge in [-0.1, -0.05) is 0 Å². The van der Waals surface area contributed by atoms with Crippen molar-refractivity contribution in [2.75, 3.05) is 5.73 Å². The number of hydrogen-bond donors (Lipinski definition) is 3. The topological polar surface area (TPSA) is 79.4 Å². The van der Waals surface area contributed by atoms with Gasteiger partial charge in [0.05, 0.1) is 3.57 Å². The summed E-state index contributed by atoms with van der Waals surface area (Å²) in [5.74, 6) is 0.398. The van der Waals surface area contributed by atoms with Crippen LogP contribution in [0.5, 0.6) is 0 Å². The lowest BCUT2D eigenvalue weighted by atomic mass is 9.82. The van der Waals surface area contributed by atoms with Crippen LogP contribution in [0.3, 0.4) is 0 Å². The van der Waals surface area contributed by atoms with E-state index in [2.05, 4.69) is 4.98 Å². The van der Waals surface area contributed by atoms with Crippen LogP contribution in [-0.2, 0) is 0 Å². The highest BCUT2D eigenvalue weighted by atomic mass is 127. The van der Waals surface area contributed by atoms with Gasteiger partial charge in [0.2, 0.25) is 0 Å². The first kappa shape index (κ1) is 8.76. The van der Waals surface area contributed by atoms with Crippen molar-refractivity contribution in [2.45, 2.75) is 0 Å². The quantitative estimate of drug-likeness (QED) is 0.446. The molecule has 0 saturated heterocycles. The monoisotopic (exact) mass is 264 g/mol. The van der Waals surface area contributed by atoms with Crippen LogP contribution in [0.25, 0.3) is 0 Å². The molecule has 1 aromatic rings. The van der Waals surface area contributed by atoms with Crippen molar-refractivity contribution in [3.8, 4) is 0 Å². The summed E-state index contributed by atoms with van der Waals surface area (Å²) in [6.45, 7) is 0. The Morgan fingerprint density at radius 2 is 2.18 bits per heavy atom. The lowest BCUT2D eigenvalue weighted by Crippen LogP contribution is -2.30. The fraction of sp³-hybridized carbons (Fsp3) is 0. The molecule has 0 saturated carbocycles. The molecule has 0 radical (unpaired) electrons. The minimum Gasteiger partial charge on any atom is -0.423 e. The van der Waals surface area contributed by atoms with Crippen LogP contribution in [0.4, 0.5) is 5.82 Å². The van der Waals surface area contributed by atoms with E-state index in [0.717, 1.165) is 0 Å². The van der Waals surface area contributed by atoms with Gasteiger partial charge >= 0.3 is 7.12 Å². The smallest absolute Gasteiger partial charge is 0.423 e. The summed E-state index contributed by atoms with van der Waals surface area (Å²) in [4.78, 5) is 3.75. The maximum atomic E-state index is 8.71. The molecule has 0 aliphatic heterocycles. The van der Waals surface area contributed by atoms with Gasteiger partial charge in [0, 0.05) is 11.7 Å². The maximum absolute atomic E-state index is 8.71. The van der Waals surface area contributed by atoms with Gasteiger partial charge in [-0.25, -0.2) is 4.98 Å². The predicted octanol–water partition coefficient (Wildman–Crippen LogP) is -1.05. The number of nitrogens with two attached hydrogens (primary N) is 1. The van der Waals surface area contributed by atoms with E-state index in [-0.39, 0.29) is 0 Å². The number of nitrogen functional groups attached to an aromatic ring is 1. The highest BCUT2D eigenvalue weighted by Crippen LogP contribution is 2.07. The Balaban J connectivity index is 3.05.